The van der Waals surface area contributed by atoms with Crippen LogP contribution >= 0.6 is 15.2 Å². The van der Waals surface area contributed by atoms with E-state index in [9.17, 15) is 23.8 Å². The number of hydrogen-bond acceptors (Lipinski definition) is 7. The summed E-state index contributed by atoms with van der Waals surface area (Å²) < 4.78 is 24.7. The van der Waals surface area contributed by atoms with Crippen LogP contribution in [0.3, 0.4) is 0 Å². The SMILES string of the molecule is C=C(C)OP(=O)([O-])C(O)P(=O)([O-])[O-].[Ag+].[Ag+].[Ag+]. The molecule has 0 radical (unpaired) electrons. The van der Waals surface area contributed by atoms with Gasteiger partial charge in [0.2, 0.25) is 7.60 Å². The molecule has 0 amide bonds. The van der Waals surface area contributed by atoms with Crippen molar-refractivity contribution in [1.82, 2.24) is 0 Å². The molecule has 7 nitrogen and oxygen atoms in total. The summed E-state index contributed by atoms with van der Waals surface area (Å²) >= 11 is 0. The van der Waals surface area contributed by atoms with Crippen molar-refractivity contribution in [2.24, 2.45) is 0 Å². The van der Waals surface area contributed by atoms with Crippen molar-refractivity contribution in [3.8, 4) is 0 Å². The van der Waals surface area contributed by atoms with Crippen LogP contribution in [0.2, 0.25) is 0 Å². The zero-order valence-electron chi connectivity index (χ0n) is 7.48. The molecule has 0 aromatic rings. The van der Waals surface area contributed by atoms with Crippen molar-refractivity contribution in [2.45, 2.75) is 12.5 Å². The first kappa shape index (κ1) is 26.6. The van der Waals surface area contributed by atoms with Crippen LogP contribution in [0.25, 0.3) is 0 Å². The molecule has 0 aliphatic heterocycles. The minimum atomic E-state index is -5.62. The quantitative estimate of drug-likeness (QED) is 0.249. The molecular formula is C4H7Ag3O7P2. The number of hydrogen-bond donors (Lipinski definition) is 1. The number of rotatable bonds is 4. The molecule has 0 aromatic heterocycles. The molecule has 0 bridgehead atoms. The van der Waals surface area contributed by atoms with Crippen LogP contribution in [-0.4, -0.2) is 10.7 Å². The van der Waals surface area contributed by atoms with Gasteiger partial charge in [-0.1, -0.05) is 6.58 Å². The molecule has 0 saturated heterocycles. The topological polar surface area (TPSA) is 133 Å². The Kier molecular flexibility index (Phi) is 16.5. The van der Waals surface area contributed by atoms with E-state index in [0.717, 1.165) is 6.92 Å². The molecule has 0 rings (SSSR count). The van der Waals surface area contributed by atoms with Gasteiger partial charge < -0.3 is 28.9 Å². The third-order valence-electron chi connectivity index (χ3n) is 0.849. The number of aliphatic hydroxyl groups is 1. The normalized spacial score (nSPS) is 15.3. The molecule has 12 heteroatoms. The Morgan fingerprint density at radius 2 is 1.56 bits per heavy atom. The maximum atomic E-state index is 10.7. The predicted octanol–water partition coefficient (Wildman–Crippen LogP) is -1.73. The van der Waals surface area contributed by atoms with E-state index in [0.29, 0.717) is 0 Å². The monoisotopic (exact) mass is 550 g/mol. The van der Waals surface area contributed by atoms with Crippen LogP contribution in [0.5, 0.6) is 0 Å². The average Bonchev–Trinajstić information content (AvgIpc) is 1.80. The molecule has 1 N–H and O–H groups in total. The van der Waals surface area contributed by atoms with Gasteiger partial charge in [0.05, 0.1) is 5.76 Å². The molecule has 0 saturated carbocycles. The summed E-state index contributed by atoms with van der Waals surface area (Å²) in [5, 5.41) is 8.53. The van der Waals surface area contributed by atoms with E-state index in [1.165, 1.54) is 0 Å². The smallest absolute Gasteiger partial charge is 0.809 e. The Morgan fingerprint density at radius 3 is 1.75 bits per heavy atom. The van der Waals surface area contributed by atoms with Crippen molar-refractivity contribution in [1.29, 1.82) is 0 Å². The van der Waals surface area contributed by atoms with Gasteiger partial charge in [0.25, 0.3) is 0 Å². The molecule has 0 aliphatic rings. The molecule has 2 unspecified atom stereocenters. The zero-order chi connectivity index (χ0) is 10.9. The van der Waals surface area contributed by atoms with Crippen LogP contribution in [-0.2, 0) is 80.8 Å². The second-order valence-corrected chi connectivity index (χ2v) is 5.95. The number of aliphatic hydroxyl groups excluding tert-OH is 1. The molecule has 2 atom stereocenters. The van der Waals surface area contributed by atoms with Gasteiger partial charge in [-0.25, -0.2) is 0 Å². The van der Waals surface area contributed by atoms with Crippen LogP contribution in [0, 0.1) is 0 Å². The van der Waals surface area contributed by atoms with Crippen LogP contribution in [0.15, 0.2) is 12.3 Å². The van der Waals surface area contributed by atoms with E-state index >= 15 is 0 Å². The molecular weight excluding hydrogens is 546 g/mol. The first-order valence-electron chi connectivity index (χ1n) is 2.93. The second kappa shape index (κ2) is 9.92. The van der Waals surface area contributed by atoms with Crippen LogP contribution in [0.4, 0.5) is 0 Å². The van der Waals surface area contributed by atoms with E-state index in [4.69, 9.17) is 5.11 Å². The molecule has 0 spiro atoms. The fourth-order valence-electron chi connectivity index (χ4n) is 0.438. The molecule has 0 aliphatic carbocycles. The van der Waals surface area contributed by atoms with Crippen molar-refractivity contribution < 1.29 is 101 Å². The predicted molar refractivity (Wildman–Crippen MR) is 37.1 cm³/mol. The summed E-state index contributed by atoms with van der Waals surface area (Å²) in [7, 11) is -10.8. The third-order valence-corrected chi connectivity index (χ3v) is 4.24. The maximum Gasteiger partial charge on any atom is 1.00 e. The van der Waals surface area contributed by atoms with E-state index in [2.05, 4.69) is 11.1 Å². The second-order valence-electron chi connectivity index (χ2n) is 2.22. The summed E-state index contributed by atoms with van der Waals surface area (Å²) in [4.78, 5) is 30.9. The van der Waals surface area contributed by atoms with E-state index in [1.54, 1.807) is 0 Å². The van der Waals surface area contributed by atoms with Gasteiger partial charge in [-0.15, -0.1) is 0 Å². The minimum absolute atomic E-state index is 0. The van der Waals surface area contributed by atoms with E-state index in [-0.39, 0.29) is 72.9 Å². The summed E-state index contributed by atoms with van der Waals surface area (Å²) in [6.07, 6.45) is 0. The number of allylic oxidation sites excluding steroid dienone is 1. The molecule has 0 aromatic carbocycles. The summed E-state index contributed by atoms with van der Waals surface area (Å²) in [5.41, 5.74) is -3.07. The van der Waals surface area contributed by atoms with Gasteiger partial charge in [0, 0.05) is 0 Å². The van der Waals surface area contributed by atoms with Crippen LogP contribution < -0.4 is 14.7 Å². The van der Waals surface area contributed by atoms with Gasteiger partial charge in [-0.3, -0.25) is 4.57 Å². The summed E-state index contributed by atoms with van der Waals surface area (Å²) in [6, 6.07) is 0. The standard InChI is InChI=1S/C4H10O7P2.3Ag/c1-3(2)11-13(9,10)4(5)12(6,7)8;;;/h4-5H,1H2,2H3,(H,9,10)(H2,6,7,8);;;/q;3*+1/p-3. The maximum absolute atomic E-state index is 10.7. The molecule has 0 fully saturated rings. The Balaban J connectivity index is -0.000000240. The fourth-order valence-corrected chi connectivity index (χ4v) is 2.49. The average molecular weight is 553 g/mol. The van der Waals surface area contributed by atoms with Crippen molar-refractivity contribution >= 4 is 15.2 Å². The summed E-state index contributed by atoms with van der Waals surface area (Å²) in [5.74, 6) is -0.342. The fraction of sp³-hybridized carbons (Fsp3) is 0.500. The van der Waals surface area contributed by atoms with E-state index in [1.807, 2.05) is 0 Å². The first-order chi connectivity index (χ1) is 5.57. The van der Waals surface area contributed by atoms with Crippen molar-refractivity contribution in [3.63, 3.8) is 0 Å². The van der Waals surface area contributed by atoms with E-state index < -0.39 is 20.8 Å². The van der Waals surface area contributed by atoms with Gasteiger partial charge >= 0.3 is 67.1 Å². The van der Waals surface area contributed by atoms with Crippen LogP contribution in [0.1, 0.15) is 6.92 Å². The van der Waals surface area contributed by atoms with Gasteiger partial charge in [0.15, 0.2) is 5.59 Å². The zero-order valence-corrected chi connectivity index (χ0v) is 13.7. The summed E-state index contributed by atoms with van der Waals surface area (Å²) in [6.45, 7) is 4.13. The Labute approximate surface area is 139 Å². The van der Waals surface area contributed by atoms with Gasteiger partial charge in [-0.2, -0.15) is 0 Å². The Morgan fingerprint density at radius 1 is 1.25 bits per heavy atom. The van der Waals surface area contributed by atoms with Gasteiger partial charge in [0.1, 0.15) is 0 Å². The largest absolute Gasteiger partial charge is 1.00 e. The van der Waals surface area contributed by atoms with Gasteiger partial charge in [-0.05, 0) is 14.5 Å². The molecule has 16 heavy (non-hydrogen) atoms. The van der Waals surface area contributed by atoms with Crippen molar-refractivity contribution in [2.75, 3.05) is 0 Å². The Hall–Kier alpha value is 2.06. The Bertz CT molecular complexity index is 302. The first-order valence-corrected chi connectivity index (χ1v) is 6.15. The van der Waals surface area contributed by atoms with Crippen molar-refractivity contribution in [3.05, 3.63) is 12.3 Å². The minimum Gasteiger partial charge on any atom is -0.809 e. The molecule has 0 heterocycles. The molecule has 108 valence electrons. The third kappa shape index (κ3) is 10.0.